The number of morpholine rings is 1. The molecule has 8 nitrogen and oxygen atoms in total. The van der Waals surface area contributed by atoms with Gasteiger partial charge in [-0.1, -0.05) is 12.8 Å². The Bertz CT molecular complexity index is 1370. The molecule has 2 aliphatic heterocycles. The molecule has 1 unspecified atom stereocenters. The van der Waals surface area contributed by atoms with Crippen molar-refractivity contribution in [2.45, 2.75) is 63.8 Å². The van der Waals surface area contributed by atoms with E-state index in [1.165, 1.54) is 53.3 Å². The first kappa shape index (κ1) is 27.8. The maximum atomic E-state index is 13.9. The summed E-state index contributed by atoms with van der Waals surface area (Å²) in [6.07, 6.45) is 9.66. The topological polar surface area (TPSA) is 76.3 Å². The number of hydrogen-bond donors (Lipinski definition) is 1. The van der Waals surface area contributed by atoms with Crippen LogP contribution in [-0.2, 0) is 17.6 Å². The van der Waals surface area contributed by atoms with E-state index in [0.717, 1.165) is 42.1 Å². The number of fused-ring (bicyclic) bond motifs is 2. The quantitative estimate of drug-likeness (QED) is 0.353. The zero-order valence-corrected chi connectivity index (χ0v) is 24.7. The number of aryl methyl sites for hydroxylation is 1. The number of nitrogens with zero attached hydrogens (tertiary/aromatic N) is 2. The number of urea groups is 1. The van der Waals surface area contributed by atoms with E-state index in [-0.39, 0.29) is 12.1 Å². The van der Waals surface area contributed by atoms with Crippen molar-refractivity contribution in [1.29, 1.82) is 0 Å². The Balaban J connectivity index is 1.34. The molecule has 2 aromatic carbocycles. The van der Waals surface area contributed by atoms with Crippen molar-refractivity contribution in [3.05, 3.63) is 52.7 Å². The maximum absolute atomic E-state index is 13.9. The van der Waals surface area contributed by atoms with Crippen LogP contribution in [-0.4, -0.2) is 74.5 Å². The summed E-state index contributed by atoms with van der Waals surface area (Å²) in [5.74, 6) is 2.98. The largest absolute Gasteiger partial charge is 0.497 e. The van der Waals surface area contributed by atoms with Crippen LogP contribution in [0.4, 0.5) is 4.79 Å². The maximum Gasteiger partial charge on any atom is 0.320 e. The Hall–Kier alpha value is -3.39. The molecule has 0 radical (unpaired) electrons. The molecular weight excluding hydrogens is 518 g/mol. The highest BCUT2D eigenvalue weighted by molar-refractivity contribution is 5.88. The fourth-order valence-electron chi connectivity index (χ4n) is 7.08. The number of H-pyrrole nitrogens is 1. The molecule has 6 rings (SSSR count). The molecule has 0 bridgehead atoms. The number of nitrogens with one attached hydrogen (secondary N) is 1. The van der Waals surface area contributed by atoms with Crippen LogP contribution < -0.4 is 14.2 Å². The number of methoxy groups -OCH3 is 2. The van der Waals surface area contributed by atoms with Crippen molar-refractivity contribution in [1.82, 2.24) is 14.8 Å². The number of aromatic amines is 1. The average molecular weight is 562 g/mol. The molecule has 1 aromatic heterocycles. The van der Waals surface area contributed by atoms with Crippen LogP contribution in [0.25, 0.3) is 10.9 Å². The van der Waals surface area contributed by atoms with Gasteiger partial charge < -0.3 is 33.7 Å². The van der Waals surface area contributed by atoms with E-state index < -0.39 is 0 Å². The van der Waals surface area contributed by atoms with E-state index in [9.17, 15) is 4.79 Å². The molecule has 3 aromatic rings. The molecular formula is C33H43N3O5. The molecule has 1 atom stereocenters. The Morgan fingerprint density at radius 1 is 1.00 bits per heavy atom. The summed E-state index contributed by atoms with van der Waals surface area (Å²) in [6, 6.07) is 8.64. The van der Waals surface area contributed by atoms with Gasteiger partial charge in [0, 0.05) is 36.7 Å². The van der Waals surface area contributed by atoms with Crippen LogP contribution in [0.5, 0.6) is 17.2 Å². The molecule has 0 spiro atoms. The van der Waals surface area contributed by atoms with Gasteiger partial charge in [0.1, 0.15) is 5.75 Å². The van der Waals surface area contributed by atoms with E-state index in [1.807, 2.05) is 11.8 Å². The van der Waals surface area contributed by atoms with E-state index in [1.54, 1.807) is 14.2 Å². The van der Waals surface area contributed by atoms with Gasteiger partial charge in [-0.3, -0.25) is 0 Å². The minimum Gasteiger partial charge on any atom is -0.497 e. The van der Waals surface area contributed by atoms with Crippen LogP contribution in [0.1, 0.15) is 73.2 Å². The van der Waals surface area contributed by atoms with Crippen molar-refractivity contribution in [2.24, 2.45) is 0 Å². The molecule has 8 heteroatoms. The number of rotatable bonds is 8. The minimum atomic E-state index is -0.0657. The van der Waals surface area contributed by atoms with Crippen molar-refractivity contribution in [2.75, 3.05) is 53.7 Å². The van der Waals surface area contributed by atoms with Crippen LogP contribution in [0.3, 0.4) is 0 Å². The molecule has 41 heavy (non-hydrogen) atoms. The Morgan fingerprint density at radius 3 is 2.54 bits per heavy atom. The molecule has 2 amide bonds. The first-order valence-corrected chi connectivity index (χ1v) is 15.3. The summed E-state index contributed by atoms with van der Waals surface area (Å²) < 4.78 is 22.9. The molecule has 2 fully saturated rings. The molecule has 1 aliphatic carbocycles. The van der Waals surface area contributed by atoms with Crippen molar-refractivity contribution < 1.29 is 23.7 Å². The first-order chi connectivity index (χ1) is 20.1. The molecule has 1 N–H and O–H groups in total. The number of benzene rings is 2. The van der Waals surface area contributed by atoms with Crippen LogP contribution in [0.2, 0.25) is 0 Å². The van der Waals surface area contributed by atoms with Gasteiger partial charge in [-0.25, -0.2) is 4.79 Å². The number of carbonyl (C=O) groups is 1. The fraction of sp³-hybridized carbons (Fsp3) is 0.545. The van der Waals surface area contributed by atoms with Gasteiger partial charge in [0.15, 0.2) is 11.5 Å². The Morgan fingerprint density at radius 2 is 1.80 bits per heavy atom. The summed E-state index contributed by atoms with van der Waals surface area (Å²) in [6.45, 7) is 5.66. The Kier molecular flexibility index (Phi) is 8.28. The third kappa shape index (κ3) is 5.46. The summed E-state index contributed by atoms with van der Waals surface area (Å²) in [7, 11) is 3.44. The van der Waals surface area contributed by atoms with Gasteiger partial charge in [0.25, 0.3) is 0 Å². The lowest BCUT2D eigenvalue weighted by molar-refractivity contribution is 0.0376. The monoisotopic (exact) mass is 561 g/mol. The first-order valence-electron chi connectivity index (χ1n) is 15.3. The highest BCUT2D eigenvalue weighted by atomic mass is 16.5. The van der Waals surface area contributed by atoms with Gasteiger partial charge >= 0.3 is 6.03 Å². The van der Waals surface area contributed by atoms with Crippen molar-refractivity contribution in [3.63, 3.8) is 0 Å². The third-order valence-corrected chi connectivity index (χ3v) is 9.21. The highest BCUT2D eigenvalue weighted by Gasteiger charge is 2.35. The second kappa shape index (κ2) is 12.2. The second-order valence-corrected chi connectivity index (χ2v) is 11.4. The van der Waals surface area contributed by atoms with Crippen molar-refractivity contribution in [3.8, 4) is 17.2 Å². The average Bonchev–Trinajstić information content (AvgIpc) is 3.70. The lowest BCUT2D eigenvalue weighted by Gasteiger charge is -2.41. The van der Waals surface area contributed by atoms with E-state index >= 15 is 0 Å². The molecule has 220 valence electrons. The summed E-state index contributed by atoms with van der Waals surface area (Å²) in [5, 5.41) is 1.23. The third-order valence-electron chi connectivity index (χ3n) is 9.21. The fourth-order valence-corrected chi connectivity index (χ4v) is 7.08. The van der Waals surface area contributed by atoms with Gasteiger partial charge in [-0.05, 0) is 91.5 Å². The number of ether oxygens (including phenoxy) is 4. The lowest BCUT2D eigenvalue weighted by atomic mass is 9.88. The number of amides is 2. The van der Waals surface area contributed by atoms with Gasteiger partial charge in [0.2, 0.25) is 0 Å². The number of hydrogen-bond acceptors (Lipinski definition) is 5. The molecule has 1 saturated heterocycles. The van der Waals surface area contributed by atoms with E-state index in [4.69, 9.17) is 18.9 Å². The number of carbonyl (C=O) groups excluding carboxylic acids is 1. The van der Waals surface area contributed by atoms with Crippen LogP contribution in [0, 0.1) is 0 Å². The molecule has 3 aliphatic rings. The number of aromatic nitrogens is 1. The molecule has 1 saturated carbocycles. The highest BCUT2D eigenvalue weighted by Crippen LogP contribution is 2.43. The van der Waals surface area contributed by atoms with Crippen molar-refractivity contribution >= 4 is 16.9 Å². The summed E-state index contributed by atoms with van der Waals surface area (Å²) in [4.78, 5) is 21.5. The zero-order valence-electron chi connectivity index (χ0n) is 24.7. The van der Waals surface area contributed by atoms with Gasteiger partial charge in [0.05, 0.1) is 40.1 Å². The SMILES string of the molecule is CCOc1cc2c(cc1OC)CCN(C(=O)N1CCOCC1)C2CCc1c[nH]c2c(C3CCCC3)cc(OC)cc12. The van der Waals surface area contributed by atoms with E-state index in [0.29, 0.717) is 45.4 Å². The van der Waals surface area contributed by atoms with Crippen LogP contribution >= 0.6 is 0 Å². The predicted octanol–water partition coefficient (Wildman–Crippen LogP) is 6.23. The van der Waals surface area contributed by atoms with E-state index in [2.05, 4.69) is 40.3 Å². The normalized spacial score (nSPS) is 19.4. The standard InChI is InChI=1S/C33H43N3O5/c1-4-41-31-20-26-23(17-30(31)39-3)11-12-36(33(37)35-13-15-40-16-14-35)29(26)10-9-24-21-34-32-27(22-7-5-6-8-22)18-25(38-2)19-28(24)32/h17-22,29,34H,4-16H2,1-3H3. The Labute approximate surface area is 242 Å². The minimum absolute atomic E-state index is 0.0657. The zero-order chi connectivity index (χ0) is 28.3. The second-order valence-electron chi connectivity index (χ2n) is 11.4. The van der Waals surface area contributed by atoms with Crippen LogP contribution in [0.15, 0.2) is 30.5 Å². The van der Waals surface area contributed by atoms with Gasteiger partial charge in [-0.15, -0.1) is 0 Å². The summed E-state index contributed by atoms with van der Waals surface area (Å²) >= 11 is 0. The van der Waals surface area contributed by atoms with Gasteiger partial charge in [-0.2, -0.15) is 0 Å². The molecule has 3 heterocycles. The predicted molar refractivity (Wildman–Crippen MR) is 159 cm³/mol. The smallest absolute Gasteiger partial charge is 0.320 e. The lowest BCUT2D eigenvalue weighted by Crippen LogP contribution is -2.51. The summed E-state index contributed by atoms with van der Waals surface area (Å²) in [5.41, 5.74) is 6.27.